The van der Waals surface area contributed by atoms with Crippen molar-refractivity contribution in [2.75, 3.05) is 0 Å². The summed E-state index contributed by atoms with van der Waals surface area (Å²) < 4.78 is 35.3. The van der Waals surface area contributed by atoms with Gasteiger partial charge in [0.05, 0.1) is 11.2 Å². The Bertz CT molecular complexity index is 2700. The van der Waals surface area contributed by atoms with Crippen LogP contribution in [0.5, 0.6) is 11.5 Å². The molecule has 0 radical (unpaired) electrons. The monoisotopic (exact) mass is 927 g/mol. The zero-order valence-corrected chi connectivity index (χ0v) is 37.5. The van der Waals surface area contributed by atoms with E-state index in [1.54, 1.807) is 0 Å². The molecule has 3 aromatic carbocycles. The number of aryl methyl sites for hydroxylation is 4. The Hall–Kier alpha value is -4.28. The summed E-state index contributed by atoms with van der Waals surface area (Å²) in [5.74, 6) is 1.37. The second kappa shape index (κ2) is 13.1. The van der Waals surface area contributed by atoms with Crippen LogP contribution in [0.25, 0.3) is 27.6 Å². The van der Waals surface area contributed by atoms with Gasteiger partial charge in [0.1, 0.15) is 22.7 Å². The van der Waals surface area contributed by atoms with Gasteiger partial charge >= 0.3 is 21.1 Å². The summed E-state index contributed by atoms with van der Waals surface area (Å²) >= 11 is 0. The molecule has 2 aliphatic rings. The maximum absolute atomic E-state index is 9.68. The number of fused-ring (bicyclic) bond motifs is 6. The first-order valence-corrected chi connectivity index (χ1v) is 19.4. The molecular formula is C49H54N4O2Pt. The molecule has 1 aliphatic carbocycles. The Morgan fingerprint density at radius 2 is 1.50 bits per heavy atom. The van der Waals surface area contributed by atoms with E-state index in [2.05, 4.69) is 102 Å². The van der Waals surface area contributed by atoms with Crippen LogP contribution < -0.4 is 4.74 Å². The van der Waals surface area contributed by atoms with E-state index in [1.807, 2.05) is 72.0 Å². The molecule has 0 saturated carbocycles. The second-order valence-corrected chi connectivity index (χ2v) is 19.0. The van der Waals surface area contributed by atoms with Crippen LogP contribution in [0.15, 0.2) is 65.8 Å². The Kier molecular flexibility index (Phi) is 8.75. The molecular weight excluding hydrogens is 872 g/mol. The molecule has 7 heteroatoms. The number of nitrogens with zero attached hydrogens (tertiary/aromatic N) is 4. The summed E-state index contributed by atoms with van der Waals surface area (Å²) in [5, 5.41) is 2.25. The Morgan fingerprint density at radius 3 is 2.18 bits per heavy atom. The number of benzene rings is 3. The first-order chi connectivity index (χ1) is 26.4. The van der Waals surface area contributed by atoms with Crippen LogP contribution >= 0.6 is 0 Å². The number of aliphatic imine (C=N–C) groups is 1. The minimum Gasteiger partial charge on any atom is -0.510 e. The SMILES string of the molecule is [2H]C1([2H])c2nc(C)c(C)cc2[C@@]2(C)N=C(c3[c-]c(Oc4[c-]c(-n5c6ccc(C(C)(C)C)cc6c6cc(C)cnc65)cc(C)c4)cc(C(C)(C)C)c3)O[C@@]12C(C)(C)C.[Pt+2]. The quantitative estimate of drug-likeness (QED) is 0.165. The molecule has 0 N–H and O–H groups in total. The van der Waals surface area contributed by atoms with Gasteiger partial charge < -0.3 is 14.0 Å². The first kappa shape index (κ1) is 37.3. The van der Waals surface area contributed by atoms with E-state index in [1.165, 1.54) is 5.56 Å². The van der Waals surface area contributed by atoms with Crippen LogP contribution in [-0.2, 0) is 48.5 Å². The summed E-state index contributed by atoms with van der Waals surface area (Å²) in [6, 6.07) is 26.2. The predicted molar refractivity (Wildman–Crippen MR) is 224 cm³/mol. The van der Waals surface area contributed by atoms with Crippen LogP contribution in [0.2, 0.25) is 0 Å². The average molecular weight is 928 g/mol. The Labute approximate surface area is 350 Å². The van der Waals surface area contributed by atoms with E-state index in [4.69, 9.17) is 24.4 Å². The number of rotatable bonds is 4. The van der Waals surface area contributed by atoms with E-state index < -0.39 is 22.9 Å². The summed E-state index contributed by atoms with van der Waals surface area (Å²) in [4.78, 5) is 15.1. The molecule has 56 heavy (non-hydrogen) atoms. The Balaban J connectivity index is 0.00000512. The van der Waals surface area contributed by atoms with Crippen LogP contribution in [-0.4, -0.2) is 26.0 Å². The third kappa shape index (κ3) is 6.31. The van der Waals surface area contributed by atoms with Gasteiger partial charge in [-0.1, -0.05) is 98.7 Å². The van der Waals surface area contributed by atoms with Gasteiger partial charge in [0.25, 0.3) is 0 Å². The fraction of sp³-hybridized carbons (Fsp3) is 0.408. The fourth-order valence-electron chi connectivity index (χ4n) is 8.28. The first-order valence-electron chi connectivity index (χ1n) is 20.4. The number of aromatic nitrogens is 3. The van der Waals surface area contributed by atoms with Gasteiger partial charge in [0, 0.05) is 54.3 Å². The van der Waals surface area contributed by atoms with E-state index in [0.29, 0.717) is 28.7 Å². The van der Waals surface area contributed by atoms with Gasteiger partial charge in [-0.2, -0.15) is 5.56 Å². The van der Waals surface area contributed by atoms with Crippen molar-refractivity contribution in [2.24, 2.45) is 10.4 Å². The normalized spacial score (nSPS) is 20.9. The molecule has 2 atom stereocenters. The standard InChI is InChI=1S/C49H54N4O2.Pt/c1-28-17-35(53-42-16-15-33(45(5,6)7)24-38(42)39-19-29(2)27-50-43(39)53)25-36(18-28)54-37-22-32(21-34(23-37)46(8,9)10)44-52-48(14)40-20-30(3)31(4)51-41(40)26-49(48,55-44)47(11,12)13;/h15-21,23-24,27H,26H2,1-14H3;/q-2;+2/t48-,49-;/m1./s1/i26D2;. The van der Waals surface area contributed by atoms with E-state index in [-0.39, 0.29) is 31.9 Å². The van der Waals surface area contributed by atoms with Crippen LogP contribution in [0.3, 0.4) is 0 Å². The van der Waals surface area contributed by atoms with Gasteiger partial charge in [0.2, 0.25) is 0 Å². The van der Waals surface area contributed by atoms with E-state index >= 15 is 0 Å². The van der Waals surface area contributed by atoms with Gasteiger partial charge in [-0.3, -0.25) is 9.98 Å². The predicted octanol–water partition coefficient (Wildman–Crippen LogP) is 11.8. The molecule has 0 spiro atoms. The molecule has 3 aromatic heterocycles. The van der Waals surface area contributed by atoms with Crippen LogP contribution in [0.1, 0.15) is 122 Å². The third-order valence-electron chi connectivity index (χ3n) is 11.6. The van der Waals surface area contributed by atoms with Crippen LogP contribution in [0, 0.1) is 45.2 Å². The largest absolute Gasteiger partial charge is 2.00 e. The molecule has 6 aromatic rings. The van der Waals surface area contributed by atoms with Crippen molar-refractivity contribution < 1.29 is 33.3 Å². The van der Waals surface area contributed by atoms with E-state index in [0.717, 1.165) is 61.1 Å². The molecule has 4 heterocycles. The molecule has 8 rings (SSSR count). The minimum atomic E-state index is -1.94. The summed E-state index contributed by atoms with van der Waals surface area (Å²) in [7, 11) is 0. The van der Waals surface area contributed by atoms with Crippen molar-refractivity contribution >= 4 is 27.8 Å². The van der Waals surface area contributed by atoms with E-state index in [9.17, 15) is 2.74 Å². The molecule has 0 fully saturated rings. The summed E-state index contributed by atoms with van der Waals surface area (Å²) in [5.41, 5.74) is 7.31. The summed E-state index contributed by atoms with van der Waals surface area (Å²) in [6.07, 6.45) is -0.0271. The maximum atomic E-state index is 9.68. The number of hydrogen-bond acceptors (Lipinski definition) is 5. The third-order valence-corrected chi connectivity index (χ3v) is 11.6. The molecule has 0 saturated heterocycles. The molecule has 292 valence electrons. The number of hydrogen-bond donors (Lipinski definition) is 0. The smallest absolute Gasteiger partial charge is 0.510 e. The molecule has 0 unspecified atom stereocenters. The second-order valence-electron chi connectivity index (χ2n) is 19.0. The van der Waals surface area contributed by atoms with Crippen molar-refractivity contribution in [3.63, 3.8) is 0 Å². The number of pyridine rings is 2. The Morgan fingerprint density at radius 1 is 0.804 bits per heavy atom. The van der Waals surface area contributed by atoms with Crippen LogP contribution in [0.4, 0.5) is 0 Å². The van der Waals surface area contributed by atoms with Gasteiger partial charge in [0.15, 0.2) is 0 Å². The van der Waals surface area contributed by atoms with Crippen molar-refractivity contribution in [3.05, 3.63) is 123 Å². The van der Waals surface area contributed by atoms with Crippen molar-refractivity contribution in [3.8, 4) is 17.2 Å². The minimum absolute atomic E-state index is 0. The molecule has 0 amide bonds. The summed E-state index contributed by atoms with van der Waals surface area (Å²) in [6.45, 7) is 29.3. The van der Waals surface area contributed by atoms with Gasteiger partial charge in [-0.15, -0.1) is 29.8 Å². The van der Waals surface area contributed by atoms with Gasteiger partial charge in [-0.05, 0) is 79.5 Å². The zero-order valence-electron chi connectivity index (χ0n) is 37.2. The van der Waals surface area contributed by atoms with Crippen molar-refractivity contribution in [1.29, 1.82) is 0 Å². The molecule has 1 aliphatic heterocycles. The van der Waals surface area contributed by atoms with Crippen molar-refractivity contribution in [1.82, 2.24) is 14.5 Å². The molecule has 6 nitrogen and oxygen atoms in total. The zero-order chi connectivity index (χ0) is 41.4. The fourth-order valence-corrected chi connectivity index (χ4v) is 8.28. The topological polar surface area (TPSA) is 61.5 Å². The van der Waals surface area contributed by atoms with Gasteiger partial charge in [-0.25, -0.2) is 4.98 Å². The molecule has 0 bridgehead atoms. The number of ether oxygens (including phenoxy) is 2. The van der Waals surface area contributed by atoms with Crippen molar-refractivity contribution in [2.45, 2.75) is 125 Å². The maximum Gasteiger partial charge on any atom is 2.00 e. The average Bonchev–Trinajstić information content (AvgIpc) is 3.65.